The molecule has 0 fully saturated rings. The smallest absolute Gasteiger partial charge is 0.348 e. The van der Waals surface area contributed by atoms with E-state index in [-0.39, 0.29) is 5.97 Å². The number of fused-ring (bicyclic) bond motifs is 1. The van der Waals surface area contributed by atoms with Crippen molar-refractivity contribution in [2.24, 2.45) is 0 Å². The van der Waals surface area contributed by atoms with Crippen LogP contribution in [0.2, 0.25) is 5.15 Å². The van der Waals surface area contributed by atoms with Gasteiger partial charge in [0.2, 0.25) is 0 Å². The first kappa shape index (κ1) is 19.1. The molecule has 0 aliphatic carbocycles. The molecule has 0 N–H and O–H groups in total. The Morgan fingerprint density at radius 2 is 1.96 bits per heavy atom. The fraction of sp³-hybridized carbons (Fsp3) is 0.316. The van der Waals surface area contributed by atoms with Crippen LogP contribution in [0.5, 0.6) is 0 Å². The van der Waals surface area contributed by atoms with Gasteiger partial charge in [-0.1, -0.05) is 60.1 Å². The number of rotatable bonds is 6. The van der Waals surface area contributed by atoms with E-state index in [1.807, 2.05) is 13.8 Å². The molecule has 3 aromatic rings. The molecule has 0 atom stereocenters. The number of nitrogens with zero attached hydrogens (tertiary/aromatic N) is 2. The first-order valence-corrected chi connectivity index (χ1v) is 10.5. The van der Waals surface area contributed by atoms with Crippen LogP contribution in [-0.4, -0.2) is 22.5 Å². The number of aromatic nitrogens is 2. The summed E-state index contributed by atoms with van der Waals surface area (Å²) in [5.74, 6) is 0.440. The molecule has 0 saturated carbocycles. The molecule has 7 heteroatoms. The summed E-state index contributed by atoms with van der Waals surface area (Å²) in [6.07, 6.45) is 0.788. The maximum atomic E-state index is 12.2. The van der Waals surface area contributed by atoms with Gasteiger partial charge < -0.3 is 4.74 Å². The van der Waals surface area contributed by atoms with E-state index in [1.165, 1.54) is 34.2 Å². The summed E-state index contributed by atoms with van der Waals surface area (Å²) in [4.78, 5) is 22.5. The summed E-state index contributed by atoms with van der Waals surface area (Å²) >= 11 is 9.22. The number of thiophene rings is 1. The minimum absolute atomic E-state index is 0.322. The highest BCUT2D eigenvalue weighted by Crippen LogP contribution is 2.35. The van der Waals surface area contributed by atoms with Gasteiger partial charge >= 0.3 is 5.97 Å². The lowest BCUT2D eigenvalue weighted by Gasteiger charge is -2.03. The van der Waals surface area contributed by atoms with Crippen LogP contribution < -0.4 is 0 Å². The number of ether oxygens (including phenoxy) is 1. The normalized spacial score (nSPS) is 11.1. The third-order valence-corrected chi connectivity index (χ3v) is 6.19. The third kappa shape index (κ3) is 4.19. The number of carbonyl (C=O) groups is 1. The van der Waals surface area contributed by atoms with Crippen LogP contribution in [0.25, 0.3) is 10.2 Å². The predicted molar refractivity (Wildman–Crippen MR) is 108 cm³/mol. The Balaban J connectivity index is 1.84. The molecule has 136 valence electrons. The van der Waals surface area contributed by atoms with Gasteiger partial charge in [0, 0.05) is 5.75 Å². The van der Waals surface area contributed by atoms with Crippen molar-refractivity contribution in [1.29, 1.82) is 0 Å². The first-order valence-electron chi connectivity index (χ1n) is 8.31. The molecule has 0 saturated heterocycles. The number of benzene rings is 1. The predicted octanol–water partition coefficient (Wildman–Crippen LogP) is 5.82. The maximum Gasteiger partial charge on any atom is 0.348 e. The Labute approximate surface area is 166 Å². The topological polar surface area (TPSA) is 52.1 Å². The van der Waals surface area contributed by atoms with E-state index in [4.69, 9.17) is 16.3 Å². The van der Waals surface area contributed by atoms with Crippen molar-refractivity contribution in [3.63, 3.8) is 0 Å². The van der Waals surface area contributed by atoms with Crippen LogP contribution in [0.4, 0.5) is 0 Å². The number of thioether (sulfide) groups is 1. The van der Waals surface area contributed by atoms with Crippen molar-refractivity contribution in [3.05, 3.63) is 51.0 Å². The Morgan fingerprint density at radius 1 is 1.23 bits per heavy atom. The number of hydrogen-bond acceptors (Lipinski definition) is 6. The fourth-order valence-corrected chi connectivity index (χ4v) is 4.77. The molecular weight excluding hydrogens is 388 g/mol. The molecule has 0 spiro atoms. The van der Waals surface area contributed by atoms with Crippen molar-refractivity contribution in [2.75, 3.05) is 6.61 Å². The minimum Gasteiger partial charge on any atom is -0.462 e. The van der Waals surface area contributed by atoms with Crippen LogP contribution >= 0.6 is 34.7 Å². The molecule has 0 unspecified atom stereocenters. The Morgan fingerprint density at radius 3 is 2.65 bits per heavy atom. The maximum absolute atomic E-state index is 12.2. The molecule has 0 radical (unpaired) electrons. The molecule has 0 amide bonds. The Hall–Kier alpha value is -1.63. The monoisotopic (exact) mass is 406 g/mol. The van der Waals surface area contributed by atoms with Crippen molar-refractivity contribution < 1.29 is 9.53 Å². The van der Waals surface area contributed by atoms with Crippen molar-refractivity contribution in [1.82, 2.24) is 9.97 Å². The highest BCUT2D eigenvalue weighted by atomic mass is 35.5. The molecule has 0 bridgehead atoms. The van der Waals surface area contributed by atoms with E-state index in [9.17, 15) is 4.79 Å². The zero-order chi connectivity index (χ0) is 18.7. The van der Waals surface area contributed by atoms with Gasteiger partial charge in [-0.3, -0.25) is 0 Å². The quantitative estimate of drug-likeness (QED) is 0.223. The zero-order valence-electron chi connectivity index (χ0n) is 14.8. The number of hydrogen-bond donors (Lipinski definition) is 0. The van der Waals surface area contributed by atoms with E-state index < -0.39 is 0 Å². The second-order valence-electron chi connectivity index (χ2n) is 5.94. The van der Waals surface area contributed by atoms with Crippen LogP contribution in [0.3, 0.4) is 0 Å². The standard InChI is InChI=1S/C19H19ClN2O2S2/c1-4-9-24-18(23)15-12(3)14-16(20)21-19(22-17(14)26-15)25-10-13-7-5-11(2)6-8-13/h5-8H,4,9-10H2,1-3H3. The lowest BCUT2D eigenvalue weighted by Crippen LogP contribution is -2.05. The molecule has 4 nitrogen and oxygen atoms in total. The van der Waals surface area contributed by atoms with Gasteiger partial charge in [-0.25, -0.2) is 14.8 Å². The summed E-state index contributed by atoms with van der Waals surface area (Å²) in [7, 11) is 0. The minimum atomic E-state index is -0.322. The van der Waals surface area contributed by atoms with E-state index >= 15 is 0 Å². The fourth-order valence-electron chi connectivity index (χ4n) is 2.42. The Bertz CT molecular complexity index is 939. The van der Waals surface area contributed by atoms with Gasteiger partial charge in [-0.05, 0) is 31.4 Å². The number of esters is 1. The summed E-state index contributed by atoms with van der Waals surface area (Å²) in [5.41, 5.74) is 3.22. The highest BCUT2D eigenvalue weighted by Gasteiger charge is 2.21. The van der Waals surface area contributed by atoms with E-state index in [2.05, 4.69) is 41.2 Å². The first-order chi connectivity index (χ1) is 12.5. The van der Waals surface area contributed by atoms with Gasteiger partial charge in [-0.2, -0.15) is 0 Å². The zero-order valence-corrected chi connectivity index (χ0v) is 17.2. The summed E-state index contributed by atoms with van der Waals surface area (Å²) < 4.78 is 5.25. The third-order valence-electron chi connectivity index (χ3n) is 3.84. The lowest BCUT2D eigenvalue weighted by molar-refractivity contribution is 0.0510. The van der Waals surface area contributed by atoms with Crippen LogP contribution in [-0.2, 0) is 10.5 Å². The summed E-state index contributed by atoms with van der Waals surface area (Å²) in [6, 6.07) is 8.37. The van der Waals surface area contributed by atoms with Gasteiger partial charge in [0.1, 0.15) is 14.9 Å². The van der Waals surface area contributed by atoms with Crippen LogP contribution in [0.15, 0.2) is 29.4 Å². The van der Waals surface area contributed by atoms with Gasteiger partial charge in [0.15, 0.2) is 5.16 Å². The Kier molecular flexibility index (Phi) is 6.16. The van der Waals surface area contributed by atoms with E-state index in [0.717, 1.165) is 28.0 Å². The number of aryl methyl sites for hydroxylation is 2. The average Bonchev–Trinajstić information content (AvgIpc) is 2.96. The van der Waals surface area contributed by atoms with Crippen molar-refractivity contribution in [3.8, 4) is 0 Å². The lowest BCUT2D eigenvalue weighted by atomic mass is 10.2. The van der Waals surface area contributed by atoms with Crippen LogP contribution in [0.1, 0.15) is 39.7 Å². The number of carbonyl (C=O) groups excluding carboxylic acids is 1. The molecule has 1 aromatic carbocycles. The second kappa shape index (κ2) is 8.37. The molecular formula is C19H19ClN2O2S2. The molecule has 3 rings (SSSR count). The SMILES string of the molecule is CCCOC(=O)c1sc2nc(SCc3ccc(C)cc3)nc(Cl)c2c1C. The summed E-state index contributed by atoms with van der Waals surface area (Å²) in [6.45, 7) is 6.29. The largest absolute Gasteiger partial charge is 0.462 e. The van der Waals surface area contributed by atoms with E-state index in [1.54, 1.807) is 0 Å². The molecule has 2 aromatic heterocycles. The van der Waals surface area contributed by atoms with Crippen LogP contribution in [0, 0.1) is 13.8 Å². The highest BCUT2D eigenvalue weighted by molar-refractivity contribution is 7.98. The number of halogens is 1. The van der Waals surface area contributed by atoms with E-state index in [0.29, 0.717) is 21.8 Å². The van der Waals surface area contributed by atoms with Gasteiger partial charge in [-0.15, -0.1) is 11.3 Å². The molecule has 2 heterocycles. The summed E-state index contributed by atoms with van der Waals surface area (Å²) in [5, 5.41) is 1.72. The molecule has 0 aliphatic heterocycles. The van der Waals surface area contributed by atoms with Crippen molar-refractivity contribution in [2.45, 2.75) is 38.1 Å². The van der Waals surface area contributed by atoms with Gasteiger partial charge in [0.25, 0.3) is 0 Å². The second-order valence-corrected chi connectivity index (χ2v) is 8.24. The van der Waals surface area contributed by atoms with Gasteiger partial charge in [0.05, 0.1) is 12.0 Å². The molecule has 26 heavy (non-hydrogen) atoms. The molecule has 0 aliphatic rings. The van der Waals surface area contributed by atoms with Crippen molar-refractivity contribution >= 4 is 50.9 Å². The average molecular weight is 407 g/mol.